The Bertz CT molecular complexity index is 956. The topological polar surface area (TPSA) is 71.5 Å². The summed E-state index contributed by atoms with van der Waals surface area (Å²) in [7, 11) is 1.63. The minimum absolute atomic E-state index is 0.204. The second-order valence-electron chi connectivity index (χ2n) is 6.02. The molecular formula is C21H21NO4. The summed E-state index contributed by atoms with van der Waals surface area (Å²) >= 11 is 0. The SMILES string of the molecule is COc1ccc2[nH]cc(CCOC(=O)/C=C/c3ccc(C)c(O)c3)c2c1. The summed E-state index contributed by atoms with van der Waals surface area (Å²) in [6.07, 6.45) is 5.52. The molecule has 5 heteroatoms. The molecule has 3 rings (SSSR count). The number of benzene rings is 2. The first kappa shape index (κ1) is 17.6. The Balaban J connectivity index is 1.56. The Morgan fingerprint density at radius 1 is 1.23 bits per heavy atom. The molecule has 1 heterocycles. The monoisotopic (exact) mass is 351 g/mol. The molecule has 0 saturated carbocycles. The van der Waals surface area contributed by atoms with Crippen molar-refractivity contribution in [3.05, 3.63) is 65.4 Å². The highest BCUT2D eigenvalue weighted by Crippen LogP contribution is 2.24. The van der Waals surface area contributed by atoms with Crippen molar-refractivity contribution in [3.63, 3.8) is 0 Å². The van der Waals surface area contributed by atoms with Gasteiger partial charge in [-0.05, 0) is 54.0 Å². The summed E-state index contributed by atoms with van der Waals surface area (Å²) in [5.74, 6) is 0.581. The average molecular weight is 351 g/mol. The fourth-order valence-electron chi connectivity index (χ4n) is 2.70. The van der Waals surface area contributed by atoms with E-state index < -0.39 is 5.97 Å². The van der Waals surface area contributed by atoms with E-state index in [1.165, 1.54) is 6.08 Å². The highest BCUT2D eigenvalue weighted by Gasteiger charge is 2.06. The van der Waals surface area contributed by atoms with E-state index in [0.717, 1.165) is 33.3 Å². The maximum atomic E-state index is 11.9. The number of phenols is 1. The van der Waals surface area contributed by atoms with E-state index in [2.05, 4.69) is 4.98 Å². The van der Waals surface area contributed by atoms with Crippen molar-refractivity contribution in [2.75, 3.05) is 13.7 Å². The molecule has 134 valence electrons. The predicted molar refractivity (Wildman–Crippen MR) is 101 cm³/mol. The van der Waals surface area contributed by atoms with Crippen molar-refractivity contribution in [2.24, 2.45) is 0 Å². The van der Waals surface area contributed by atoms with Gasteiger partial charge in [0.1, 0.15) is 11.5 Å². The van der Waals surface area contributed by atoms with E-state index in [9.17, 15) is 9.90 Å². The summed E-state index contributed by atoms with van der Waals surface area (Å²) in [6.45, 7) is 2.10. The van der Waals surface area contributed by atoms with Gasteiger partial charge in [0, 0.05) is 29.6 Å². The van der Waals surface area contributed by atoms with E-state index in [0.29, 0.717) is 6.42 Å². The maximum Gasteiger partial charge on any atom is 0.330 e. The first-order chi connectivity index (χ1) is 12.6. The lowest BCUT2D eigenvalue weighted by molar-refractivity contribution is -0.137. The van der Waals surface area contributed by atoms with Crippen LogP contribution in [0.3, 0.4) is 0 Å². The van der Waals surface area contributed by atoms with Crippen LogP contribution in [0.5, 0.6) is 11.5 Å². The van der Waals surface area contributed by atoms with E-state index in [1.807, 2.05) is 37.4 Å². The van der Waals surface area contributed by atoms with Crippen LogP contribution in [0, 0.1) is 6.92 Å². The number of carbonyl (C=O) groups excluding carboxylic acids is 1. The number of ether oxygens (including phenoxy) is 2. The van der Waals surface area contributed by atoms with Crippen LogP contribution in [-0.2, 0) is 16.0 Å². The van der Waals surface area contributed by atoms with Crippen LogP contribution in [0.4, 0.5) is 0 Å². The predicted octanol–water partition coefficient (Wildman–Crippen LogP) is 3.99. The van der Waals surface area contributed by atoms with Crippen molar-refractivity contribution in [1.82, 2.24) is 4.98 Å². The Morgan fingerprint density at radius 2 is 2.08 bits per heavy atom. The first-order valence-electron chi connectivity index (χ1n) is 8.35. The van der Waals surface area contributed by atoms with Gasteiger partial charge in [-0.3, -0.25) is 0 Å². The molecule has 0 fully saturated rings. The normalized spacial score (nSPS) is 11.2. The van der Waals surface area contributed by atoms with Gasteiger partial charge in [0.2, 0.25) is 0 Å². The van der Waals surface area contributed by atoms with Gasteiger partial charge in [-0.2, -0.15) is 0 Å². The lowest BCUT2D eigenvalue weighted by Crippen LogP contribution is -2.04. The van der Waals surface area contributed by atoms with Crippen LogP contribution in [0.1, 0.15) is 16.7 Å². The summed E-state index contributed by atoms with van der Waals surface area (Å²) in [6, 6.07) is 11.1. The molecule has 3 aromatic rings. The Morgan fingerprint density at radius 3 is 2.85 bits per heavy atom. The third-order valence-electron chi connectivity index (χ3n) is 4.24. The quantitative estimate of drug-likeness (QED) is 0.520. The van der Waals surface area contributed by atoms with Gasteiger partial charge in [0.25, 0.3) is 0 Å². The third-order valence-corrected chi connectivity index (χ3v) is 4.24. The molecule has 0 aliphatic rings. The summed E-state index contributed by atoms with van der Waals surface area (Å²) < 4.78 is 10.5. The van der Waals surface area contributed by atoms with Gasteiger partial charge in [-0.1, -0.05) is 12.1 Å². The van der Waals surface area contributed by atoms with Crippen molar-refractivity contribution >= 4 is 22.9 Å². The highest BCUT2D eigenvalue weighted by molar-refractivity contribution is 5.87. The largest absolute Gasteiger partial charge is 0.508 e. The number of hydrogen-bond donors (Lipinski definition) is 2. The van der Waals surface area contributed by atoms with E-state index in [4.69, 9.17) is 9.47 Å². The second kappa shape index (κ2) is 7.78. The lowest BCUT2D eigenvalue weighted by Gasteiger charge is -2.03. The number of fused-ring (bicyclic) bond motifs is 1. The third kappa shape index (κ3) is 4.06. The molecule has 0 bridgehead atoms. The van der Waals surface area contributed by atoms with Crippen LogP contribution >= 0.6 is 0 Å². The van der Waals surface area contributed by atoms with Crippen LogP contribution in [0.25, 0.3) is 17.0 Å². The molecule has 0 atom stereocenters. The number of aromatic nitrogens is 1. The maximum absolute atomic E-state index is 11.9. The van der Waals surface area contributed by atoms with Crippen molar-refractivity contribution in [3.8, 4) is 11.5 Å². The number of rotatable bonds is 6. The number of aryl methyl sites for hydroxylation is 1. The summed E-state index contributed by atoms with van der Waals surface area (Å²) in [5.41, 5.74) is 3.62. The Kier molecular flexibility index (Phi) is 5.27. The fraction of sp³-hybridized carbons (Fsp3) is 0.190. The zero-order valence-electron chi connectivity index (χ0n) is 14.8. The molecule has 0 saturated heterocycles. The molecular weight excluding hydrogens is 330 g/mol. The molecule has 2 aromatic carbocycles. The molecule has 2 N–H and O–H groups in total. The molecule has 0 aliphatic carbocycles. The molecule has 0 unspecified atom stereocenters. The molecule has 0 amide bonds. The number of nitrogens with one attached hydrogen (secondary N) is 1. The van der Waals surface area contributed by atoms with Gasteiger partial charge in [0.05, 0.1) is 13.7 Å². The number of esters is 1. The van der Waals surface area contributed by atoms with E-state index in [-0.39, 0.29) is 12.4 Å². The molecule has 5 nitrogen and oxygen atoms in total. The standard InChI is InChI=1S/C21H21NO4/c1-14-3-4-15(11-20(14)23)5-8-21(24)26-10-9-16-13-22-19-7-6-17(25-2)12-18(16)19/h3-8,11-13,22-23H,9-10H2,1-2H3/b8-5+. The van der Waals surface area contributed by atoms with Crippen LogP contribution in [-0.4, -0.2) is 29.8 Å². The zero-order chi connectivity index (χ0) is 18.5. The molecule has 26 heavy (non-hydrogen) atoms. The van der Waals surface area contributed by atoms with Gasteiger partial charge in [0.15, 0.2) is 0 Å². The van der Waals surface area contributed by atoms with Crippen LogP contribution in [0.2, 0.25) is 0 Å². The average Bonchev–Trinajstić information content (AvgIpc) is 3.05. The van der Waals surface area contributed by atoms with E-state index >= 15 is 0 Å². The van der Waals surface area contributed by atoms with Crippen LogP contribution < -0.4 is 4.74 Å². The first-order valence-corrected chi connectivity index (χ1v) is 8.35. The number of H-pyrrole nitrogens is 1. The highest BCUT2D eigenvalue weighted by atomic mass is 16.5. The summed E-state index contributed by atoms with van der Waals surface area (Å²) in [5, 5.41) is 10.7. The van der Waals surface area contributed by atoms with Gasteiger partial charge in [-0.15, -0.1) is 0 Å². The number of methoxy groups -OCH3 is 1. The Hall–Kier alpha value is -3.21. The van der Waals surface area contributed by atoms with E-state index in [1.54, 1.807) is 25.3 Å². The minimum atomic E-state index is -0.414. The smallest absolute Gasteiger partial charge is 0.330 e. The van der Waals surface area contributed by atoms with Crippen molar-refractivity contribution < 1.29 is 19.4 Å². The number of aromatic hydroxyl groups is 1. The minimum Gasteiger partial charge on any atom is -0.508 e. The number of aromatic amines is 1. The number of carbonyl (C=O) groups is 1. The molecule has 1 aromatic heterocycles. The second-order valence-corrected chi connectivity index (χ2v) is 6.02. The van der Waals surface area contributed by atoms with Crippen molar-refractivity contribution in [2.45, 2.75) is 13.3 Å². The van der Waals surface area contributed by atoms with Gasteiger partial charge in [-0.25, -0.2) is 4.79 Å². The fourth-order valence-corrected chi connectivity index (χ4v) is 2.70. The molecule has 0 aliphatic heterocycles. The number of hydrogen-bond acceptors (Lipinski definition) is 4. The van der Waals surface area contributed by atoms with Gasteiger partial charge >= 0.3 is 5.97 Å². The molecule has 0 spiro atoms. The van der Waals surface area contributed by atoms with Crippen LogP contribution in [0.15, 0.2) is 48.7 Å². The van der Waals surface area contributed by atoms with Gasteiger partial charge < -0.3 is 19.6 Å². The molecule has 0 radical (unpaired) electrons. The Labute approximate surface area is 151 Å². The van der Waals surface area contributed by atoms with Crippen molar-refractivity contribution in [1.29, 1.82) is 0 Å². The summed E-state index contributed by atoms with van der Waals surface area (Å²) in [4.78, 5) is 15.1. The lowest BCUT2D eigenvalue weighted by atomic mass is 10.1. The zero-order valence-corrected chi connectivity index (χ0v) is 14.8. The number of phenolic OH excluding ortho intramolecular Hbond substituents is 1.